The van der Waals surface area contributed by atoms with Crippen LogP contribution in [0, 0.1) is 13.8 Å². The third kappa shape index (κ3) is 3.00. The van der Waals surface area contributed by atoms with Crippen molar-refractivity contribution in [3.05, 3.63) is 59.2 Å². The molecule has 0 fully saturated rings. The van der Waals surface area contributed by atoms with Gasteiger partial charge in [0, 0.05) is 6.54 Å². The predicted molar refractivity (Wildman–Crippen MR) is 74.1 cm³/mol. The second kappa shape index (κ2) is 4.91. The molecule has 0 aliphatic carbocycles. The molecule has 2 rings (SSSR count). The maximum Gasteiger partial charge on any atom is 0.0576 e. The molecule has 0 aliphatic heterocycles. The molecule has 0 amide bonds. The van der Waals surface area contributed by atoms with Crippen molar-refractivity contribution in [3.63, 3.8) is 0 Å². The van der Waals surface area contributed by atoms with Gasteiger partial charge in [0.1, 0.15) is 0 Å². The molecule has 0 saturated heterocycles. The molecule has 2 nitrogen and oxygen atoms in total. The number of nitrogens with two attached hydrogens (primary N) is 1. The lowest BCUT2D eigenvalue weighted by Gasteiger charge is -2.10. The molecule has 88 valence electrons. The largest absolute Gasteiger partial charge is 0.397 e. The quantitative estimate of drug-likeness (QED) is 0.786. The highest BCUT2D eigenvalue weighted by atomic mass is 14.9. The van der Waals surface area contributed by atoms with E-state index in [0.29, 0.717) is 0 Å². The molecule has 0 bridgehead atoms. The lowest BCUT2D eigenvalue weighted by Crippen LogP contribution is -2.02. The molecule has 0 aromatic heterocycles. The zero-order valence-electron chi connectivity index (χ0n) is 10.3. The summed E-state index contributed by atoms with van der Waals surface area (Å²) in [6, 6.07) is 14.5. The second-order valence-electron chi connectivity index (χ2n) is 4.43. The zero-order valence-corrected chi connectivity index (χ0v) is 10.3. The molecular formula is C15H18N2. The highest BCUT2D eigenvalue weighted by Crippen LogP contribution is 2.20. The Morgan fingerprint density at radius 3 is 2.47 bits per heavy atom. The van der Waals surface area contributed by atoms with E-state index >= 15 is 0 Å². The van der Waals surface area contributed by atoms with Gasteiger partial charge < -0.3 is 11.1 Å². The fourth-order valence-electron chi connectivity index (χ4n) is 1.86. The van der Waals surface area contributed by atoms with Gasteiger partial charge in [-0.2, -0.15) is 0 Å². The summed E-state index contributed by atoms with van der Waals surface area (Å²) in [5, 5.41) is 3.36. The van der Waals surface area contributed by atoms with Crippen molar-refractivity contribution in [2.24, 2.45) is 0 Å². The Kier molecular flexibility index (Phi) is 3.33. The highest BCUT2D eigenvalue weighted by molar-refractivity contribution is 5.66. The predicted octanol–water partition coefficient (Wildman–Crippen LogP) is 3.50. The van der Waals surface area contributed by atoms with E-state index in [2.05, 4.69) is 42.6 Å². The highest BCUT2D eigenvalue weighted by Gasteiger charge is 1.99. The maximum atomic E-state index is 5.95. The van der Waals surface area contributed by atoms with Crippen LogP contribution in [0.15, 0.2) is 42.5 Å². The van der Waals surface area contributed by atoms with Crippen molar-refractivity contribution in [2.75, 3.05) is 11.1 Å². The van der Waals surface area contributed by atoms with Gasteiger partial charge in [0.05, 0.1) is 11.4 Å². The molecule has 0 saturated carbocycles. The Balaban J connectivity index is 2.07. The Bertz CT molecular complexity index is 518. The van der Waals surface area contributed by atoms with Gasteiger partial charge in [-0.05, 0) is 37.1 Å². The Labute approximate surface area is 102 Å². The molecule has 2 aromatic carbocycles. The smallest absolute Gasteiger partial charge is 0.0576 e. The van der Waals surface area contributed by atoms with E-state index in [0.717, 1.165) is 17.9 Å². The monoisotopic (exact) mass is 226 g/mol. The fourth-order valence-corrected chi connectivity index (χ4v) is 1.86. The van der Waals surface area contributed by atoms with Gasteiger partial charge in [-0.15, -0.1) is 0 Å². The number of benzene rings is 2. The normalized spacial score (nSPS) is 10.2. The average Bonchev–Trinajstić information content (AvgIpc) is 2.28. The molecular weight excluding hydrogens is 208 g/mol. The van der Waals surface area contributed by atoms with E-state index in [4.69, 9.17) is 5.73 Å². The van der Waals surface area contributed by atoms with Crippen molar-refractivity contribution in [1.29, 1.82) is 0 Å². The minimum atomic E-state index is 0.801. The standard InChI is InChI=1S/C15H18N2/c1-11-4-3-5-13(8-11)10-17-15-7-6-12(2)9-14(15)16/h3-9,17H,10,16H2,1-2H3. The van der Waals surface area contributed by atoms with Crippen LogP contribution in [0.3, 0.4) is 0 Å². The molecule has 0 atom stereocenters. The average molecular weight is 226 g/mol. The third-order valence-electron chi connectivity index (χ3n) is 2.77. The number of nitrogens with one attached hydrogen (secondary N) is 1. The van der Waals surface area contributed by atoms with Gasteiger partial charge in [-0.3, -0.25) is 0 Å². The van der Waals surface area contributed by atoms with Gasteiger partial charge in [0.25, 0.3) is 0 Å². The summed E-state index contributed by atoms with van der Waals surface area (Å²) in [6.45, 7) is 4.94. The van der Waals surface area contributed by atoms with E-state index in [1.165, 1.54) is 16.7 Å². The van der Waals surface area contributed by atoms with Gasteiger partial charge in [0.2, 0.25) is 0 Å². The molecule has 17 heavy (non-hydrogen) atoms. The Hall–Kier alpha value is -1.96. The Morgan fingerprint density at radius 2 is 1.76 bits per heavy atom. The van der Waals surface area contributed by atoms with Gasteiger partial charge >= 0.3 is 0 Å². The third-order valence-corrected chi connectivity index (χ3v) is 2.77. The van der Waals surface area contributed by atoms with Crippen molar-refractivity contribution >= 4 is 11.4 Å². The summed E-state index contributed by atoms with van der Waals surface area (Å²) in [5.41, 5.74) is 11.5. The molecule has 3 N–H and O–H groups in total. The van der Waals surface area contributed by atoms with E-state index in [1.807, 2.05) is 19.1 Å². The summed E-state index contributed by atoms with van der Waals surface area (Å²) in [6.07, 6.45) is 0. The summed E-state index contributed by atoms with van der Waals surface area (Å²) in [7, 11) is 0. The minimum absolute atomic E-state index is 0.801. The Morgan fingerprint density at radius 1 is 1.00 bits per heavy atom. The van der Waals surface area contributed by atoms with Crippen molar-refractivity contribution < 1.29 is 0 Å². The van der Waals surface area contributed by atoms with Crippen LogP contribution in [0.1, 0.15) is 16.7 Å². The van der Waals surface area contributed by atoms with Crippen molar-refractivity contribution in [1.82, 2.24) is 0 Å². The lowest BCUT2D eigenvalue weighted by molar-refractivity contribution is 1.14. The van der Waals surface area contributed by atoms with Crippen LogP contribution in [0.25, 0.3) is 0 Å². The van der Waals surface area contributed by atoms with Crippen LogP contribution in [-0.2, 0) is 6.54 Å². The first kappa shape index (κ1) is 11.5. The number of hydrogen-bond acceptors (Lipinski definition) is 2. The lowest BCUT2D eigenvalue weighted by atomic mass is 10.1. The summed E-state index contributed by atoms with van der Waals surface area (Å²) in [4.78, 5) is 0. The number of anilines is 2. The van der Waals surface area contributed by atoms with Crippen LogP contribution in [0.2, 0.25) is 0 Å². The zero-order chi connectivity index (χ0) is 12.3. The van der Waals surface area contributed by atoms with Gasteiger partial charge in [-0.1, -0.05) is 35.9 Å². The first-order chi connectivity index (χ1) is 8.15. The van der Waals surface area contributed by atoms with Gasteiger partial charge in [-0.25, -0.2) is 0 Å². The van der Waals surface area contributed by atoms with E-state index < -0.39 is 0 Å². The molecule has 0 unspecified atom stereocenters. The summed E-state index contributed by atoms with van der Waals surface area (Å²) < 4.78 is 0. The number of rotatable bonds is 3. The van der Waals surface area contributed by atoms with Gasteiger partial charge in [0.15, 0.2) is 0 Å². The molecule has 0 heterocycles. The number of hydrogen-bond donors (Lipinski definition) is 2. The van der Waals surface area contributed by atoms with E-state index in [-0.39, 0.29) is 0 Å². The molecule has 2 heteroatoms. The second-order valence-corrected chi connectivity index (χ2v) is 4.43. The molecule has 2 aromatic rings. The van der Waals surface area contributed by atoms with Crippen LogP contribution < -0.4 is 11.1 Å². The summed E-state index contributed by atoms with van der Waals surface area (Å²) >= 11 is 0. The first-order valence-electron chi connectivity index (χ1n) is 5.81. The maximum absolute atomic E-state index is 5.95. The SMILES string of the molecule is Cc1cccc(CNc2ccc(C)cc2N)c1. The summed E-state index contributed by atoms with van der Waals surface area (Å²) in [5.74, 6) is 0. The molecule has 0 radical (unpaired) electrons. The van der Waals surface area contributed by atoms with Crippen LogP contribution in [0.4, 0.5) is 11.4 Å². The minimum Gasteiger partial charge on any atom is -0.397 e. The molecule has 0 spiro atoms. The van der Waals surface area contributed by atoms with E-state index in [9.17, 15) is 0 Å². The van der Waals surface area contributed by atoms with Crippen molar-refractivity contribution in [2.45, 2.75) is 20.4 Å². The number of aryl methyl sites for hydroxylation is 2. The van der Waals surface area contributed by atoms with Crippen LogP contribution in [-0.4, -0.2) is 0 Å². The van der Waals surface area contributed by atoms with E-state index in [1.54, 1.807) is 0 Å². The van der Waals surface area contributed by atoms with Crippen LogP contribution in [0.5, 0.6) is 0 Å². The first-order valence-corrected chi connectivity index (χ1v) is 5.81. The van der Waals surface area contributed by atoms with Crippen LogP contribution >= 0.6 is 0 Å². The number of nitrogen functional groups attached to an aromatic ring is 1. The topological polar surface area (TPSA) is 38.0 Å². The van der Waals surface area contributed by atoms with Crippen molar-refractivity contribution in [3.8, 4) is 0 Å². The molecule has 0 aliphatic rings. The fraction of sp³-hybridized carbons (Fsp3) is 0.200.